The molecular weight excluding hydrogens is 418 g/mol. The van der Waals surface area contributed by atoms with E-state index in [1.165, 1.54) is 31.3 Å². The van der Waals surface area contributed by atoms with E-state index in [9.17, 15) is 14.9 Å². The van der Waals surface area contributed by atoms with Gasteiger partial charge >= 0.3 is 5.69 Å². The van der Waals surface area contributed by atoms with Gasteiger partial charge in [-0.15, -0.1) is 11.8 Å². The molecule has 1 unspecified atom stereocenters. The smallest absolute Gasteiger partial charge is 0.311 e. The van der Waals surface area contributed by atoms with Gasteiger partial charge in [0.15, 0.2) is 5.75 Å². The summed E-state index contributed by atoms with van der Waals surface area (Å²) in [6, 6.07) is 12.5. The molecule has 0 aliphatic rings. The lowest BCUT2D eigenvalue weighted by Gasteiger charge is -2.25. The van der Waals surface area contributed by atoms with E-state index in [0.29, 0.717) is 5.75 Å². The third-order valence-corrected chi connectivity index (χ3v) is 5.96. The van der Waals surface area contributed by atoms with Crippen LogP contribution in [0, 0.1) is 10.1 Å². The standard InChI is InChI=1S/C21H23N5O4S/c1-15(17-5-7-18(8-6-17)25-14-22-13-23-25)24(2)21(27)12-31-11-16-4-9-20(30-3)19(10-16)26(28)29/h4-10,13-15H,11-12H2,1-3H3. The number of nitro groups is 1. The predicted octanol–water partition coefficient (Wildman–Crippen LogP) is 3.64. The van der Waals surface area contributed by atoms with Crippen LogP contribution in [0.25, 0.3) is 5.69 Å². The summed E-state index contributed by atoms with van der Waals surface area (Å²) in [5.74, 6) is 0.974. The molecule has 9 nitrogen and oxygen atoms in total. The first-order valence-corrected chi connectivity index (χ1v) is 10.7. The number of methoxy groups -OCH3 is 1. The maximum Gasteiger partial charge on any atom is 0.311 e. The number of thioether (sulfide) groups is 1. The minimum Gasteiger partial charge on any atom is -0.490 e. The van der Waals surface area contributed by atoms with E-state index in [2.05, 4.69) is 10.1 Å². The fourth-order valence-corrected chi connectivity index (χ4v) is 3.91. The van der Waals surface area contributed by atoms with Crippen molar-refractivity contribution in [1.29, 1.82) is 0 Å². The monoisotopic (exact) mass is 441 g/mol. The van der Waals surface area contributed by atoms with Gasteiger partial charge in [-0.2, -0.15) is 5.10 Å². The van der Waals surface area contributed by atoms with E-state index in [-0.39, 0.29) is 29.1 Å². The number of nitro benzene ring substituents is 1. The molecule has 3 aromatic rings. The van der Waals surface area contributed by atoms with Gasteiger partial charge in [-0.25, -0.2) is 9.67 Å². The van der Waals surface area contributed by atoms with Crippen LogP contribution in [0.1, 0.15) is 24.1 Å². The summed E-state index contributed by atoms with van der Waals surface area (Å²) in [6.07, 6.45) is 3.10. The number of benzene rings is 2. The molecule has 0 saturated carbocycles. The number of ether oxygens (including phenoxy) is 1. The Labute approximate surface area is 184 Å². The molecule has 0 saturated heterocycles. The van der Waals surface area contributed by atoms with Crippen LogP contribution in [-0.2, 0) is 10.5 Å². The Morgan fingerprint density at radius 1 is 1.29 bits per heavy atom. The maximum atomic E-state index is 12.6. The number of nitrogens with zero attached hydrogens (tertiary/aromatic N) is 5. The maximum absolute atomic E-state index is 12.6. The Balaban J connectivity index is 1.55. The molecule has 1 amide bonds. The molecule has 2 aromatic carbocycles. The van der Waals surface area contributed by atoms with E-state index < -0.39 is 4.92 Å². The van der Waals surface area contributed by atoms with Gasteiger partial charge in [0, 0.05) is 18.9 Å². The van der Waals surface area contributed by atoms with Crippen molar-refractivity contribution in [3.05, 3.63) is 76.4 Å². The first kappa shape index (κ1) is 22.3. The third kappa shape index (κ3) is 5.40. The highest BCUT2D eigenvalue weighted by molar-refractivity contribution is 7.99. The quantitative estimate of drug-likeness (QED) is 0.369. The van der Waals surface area contributed by atoms with Gasteiger partial charge in [0.2, 0.25) is 5.91 Å². The van der Waals surface area contributed by atoms with Crippen LogP contribution in [0.5, 0.6) is 5.75 Å². The molecule has 1 heterocycles. The van der Waals surface area contributed by atoms with Gasteiger partial charge < -0.3 is 9.64 Å². The number of carbonyl (C=O) groups excluding carboxylic acids is 1. The van der Waals surface area contributed by atoms with E-state index in [1.54, 1.807) is 35.1 Å². The summed E-state index contributed by atoms with van der Waals surface area (Å²) in [5, 5.41) is 15.3. The van der Waals surface area contributed by atoms with Crippen molar-refractivity contribution in [3.63, 3.8) is 0 Å². The molecular formula is C21H23N5O4S. The van der Waals surface area contributed by atoms with Gasteiger partial charge in [0.1, 0.15) is 12.7 Å². The van der Waals surface area contributed by atoms with Crippen molar-refractivity contribution in [1.82, 2.24) is 19.7 Å². The molecule has 1 aromatic heterocycles. The number of aromatic nitrogens is 3. The second-order valence-electron chi connectivity index (χ2n) is 6.87. The van der Waals surface area contributed by atoms with E-state index in [1.807, 2.05) is 31.2 Å². The number of amides is 1. The predicted molar refractivity (Wildman–Crippen MR) is 118 cm³/mol. The summed E-state index contributed by atoms with van der Waals surface area (Å²) in [4.78, 5) is 29.0. The first-order chi connectivity index (χ1) is 14.9. The number of hydrogen-bond acceptors (Lipinski definition) is 7. The molecule has 10 heteroatoms. The highest BCUT2D eigenvalue weighted by atomic mass is 32.2. The van der Waals surface area contributed by atoms with E-state index in [0.717, 1.165) is 16.8 Å². The third-order valence-electron chi connectivity index (χ3n) is 4.97. The molecule has 3 rings (SSSR count). The second-order valence-corrected chi connectivity index (χ2v) is 7.85. The first-order valence-electron chi connectivity index (χ1n) is 9.50. The highest BCUT2D eigenvalue weighted by Gasteiger charge is 2.18. The topological polar surface area (TPSA) is 103 Å². The van der Waals surface area contributed by atoms with Crippen molar-refractivity contribution in [3.8, 4) is 11.4 Å². The van der Waals surface area contributed by atoms with Crippen LogP contribution >= 0.6 is 11.8 Å². The molecule has 1 atom stereocenters. The van der Waals surface area contributed by atoms with Crippen molar-refractivity contribution in [2.75, 3.05) is 19.9 Å². The minimum atomic E-state index is -0.470. The van der Waals surface area contributed by atoms with Gasteiger partial charge in [0.05, 0.1) is 29.5 Å². The Morgan fingerprint density at radius 3 is 2.65 bits per heavy atom. The molecule has 0 spiro atoms. The van der Waals surface area contributed by atoms with Gasteiger partial charge in [-0.05, 0) is 36.2 Å². The lowest BCUT2D eigenvalue weighted by Crippen LogP contribution is -2.31. The van der Waals surface area contributed by atoms with E-state index in [4.69, 9.17) is 4.74 Å². The fraction of sp³-hybridized carbons (Fsp3) is 0.286. The average molecular weight is 442 g/mol. The molecule has 31 heavy (non-hydrogen) atoms. The molecule has 0 aliphatic heterocycles. The Kier molecular flexibility index (Phi) is 7.24. The van der Waals surface area contributed by atoms with Crippen LogP contribution in [0.4, 0.5) is 5.69 Å². The van der Waals surface area contributed by atoms with Gasteiger partial charge in [-0.1, -0.05) is 18.2 Å². The summed E-state index contributed by atoms with van der Waals surface area (Å²) in [7, 11) is 3.17. The Morgan fingerprint density at radius 2 is 2.03 bits per heavy atom. The van der Waals surface area contributed by atoms with Crippen LogP contribution in [0.2, 0.25) is 0 Å². The summed E-state index contributed by atoms with van der Waals surface area (Å²) in [6.45, 7) is 1.97. The number of carbonyl (C=O) groups is 1. The van der Waals surface area contributed by atoms with Crippen LogP contribution in [-0.4, -0.2) is 50.4 Å². The molecule has 0 N–H and O–H groups in total. The average Bonchev–Trinajstić information content (AvgIpc) is 3.33. The fourth-order valence-electron chi connectivity index (χ4n) is 3.01. The SMILES string of the molecule is COc1ccc(CSCC(=O)N(C)C(C)c2ccc(-n3cncn3)cc2)cc1[N+](=O)[O-]. The highest BCUT2D eigenvalue weighted by Crippen LogP contribution is 2.29. The normalized spacial score (nSPS) is 11.7. The summed E-state index contributed by atoms with van der Waals surface area (Å²) >= 11 is 1.42. The number of hydrogen-bond donors (Lipinski definition) is 0. The molecule has 0 bridgehead atoms. The largest absolute Gasteiger partial charge is 0.490 e. The van der Waals surface area contributed by atoms with Crippen LogP contribution in [0.15, 0.2) is 55.1 Å². The van der Waals surface area contributed by atoms with Crippen molar-refractivity contribution in [2.45, 2.75) is 18.7 Å². The molecule has 162 valence electrons. The van der Waals surface area contributed by atoms with Crippen molar-refractivity contribution >= 4 is 23.4 Å². The van der Waals surface area contributed by atoms with Crippen molar-refractivity contribution < 1.29 is 14.5 Å². The lowest BCUT2D eigenvalue weighted by molar-refractivity contribution is -0.385. The van der Waals surface area contributed by atoms with E-state index >= 15 is 0 Å². The summed E-state index contributed by atoms with van der Waals surface area (Å²) in [5.41, 5.74) is 2.60. The second kappa shape index (κ2) is 10.1. The van der Waals surface area contributed by atoms with Crippen LogP contribution in [0.3, 0.4) is 0 Å². The molecule has 0 fully saturated rings. The lowest BCUT2D eigenvalue weighted by atomic mass is 10.1. The van der Waals surface area contributed by atoms with Crippen LogP contribution < -0.4 is 4.74 Å². The Hall–Kier alpha value is -3.40. The minimum absolute atomic E-state index is 0.0131. The zero-order chi connectivity index (χ0) is 22.4. The zero-order valence-electron chi connectivity index (χ0n) is 17.5. The summed E-state index contributed by atoms with van der Waals surface area (Å²) < 4.78 is 6.69. The van der Waals surface area contributed by atoms with Crippen molar-refractivity contribution in [2.24, 2.45) is 0 Å². The Bertz CT molecular complexity index is 1040. The molecule has 0 aliphatic carbocycles. The number of rotatable bonds is 9. The van der Waals surface area contributed by atoms with Gasteiger partial charge in [0.25, 0.3) is 0 Å². The zero-order valence-corrected chi connectivity index (χ0v) is 18.3. The van der Waals surface area contributed by atoms with Gasteiger partial charge in [-0.3, -0.25) is 14.9 Å². The molecule has 0 radical (unpaired) electrons.